The Morgan fingerprint density at radius 3 is 2.37 bits per heavy atom. The van der Waals surface area contributed by atoms with Crippen molar-refractivity contribution in [2.45, 2.75) is 26.7 Å². The van der Waals surface area contributed by atoms with Crippen LogP contribution in [0.2, 0.25) is 0 Å². The zero-order valence-corrected chi connectivity index (χ0v) is 11.3. The average Bonchev–Trinajstić information content (AvgIpc) is 3.14. The SMILES string of the molecule is CCOC(=O)CN(CC)C(=O)NCC1(C(=O)O)CC1. The predicted molar refractivity (Wildman–Crippen MR) is 66.6 cm³/mol. The predicted octanol–water partition coefficient (Wildman–Crippen LogP) is 0.446. The molecular weight excluding hydrogens is 252 g/mol. The van der Waals surface area contributed by atoms with Gasteiger partial charge in [0.1, 0.15) is 6.54 Å². The number of amides is 2. The summed E-state index contributed by atoms with van der Waals surface area (Å²) in [5.41, 5.74) is -0.807. The number of ether oxygens (including phenoxy) is 1. The maximum atomic E-state index is 11.8. The number of rotatable bonds is 7. The standard InChI is InChI=1S/C12H20N2O5/c1-3-14(7-9(15)19-4-2)11(18)13-8-12(5-6-12)10(16)17/h3-8H2,1-2H3,(H,13,18)(H,16,17). The maximum absolute atomic E-state index is 11.8. The lowest BCUT2D eigenvalue weighted by molar-refractivity contribution is -0.144. The van der Waals surface area contributed by atoms with Gasteiger partial charge in [0.15, 0.2) is 0 Å². The molecule has 0 unspecified atom stereocenters. The number of nitrogens with zero attached hydrogens (tertiary/aromatic N) is 1. The minimum atomic E-state index is -0.888. The molecule has 1 aliphatic carbocycles. The van der Waals surface area contributed by atoms with Gasteiger partial charge >= 0.3 is 18.0 Å². The summed E-state index contributed by atoms with van der Waals surface area (Å²) in [4.78, 5) is 35.4. The highest BCUT2D eigenvalue weighted by Gasteiger charge is 2.50. The topological polar surface area (TPSA) is 95.9 Å². The van der Waals surface area contributed by atoms with Crippen molar-refractivity contribution >= 4 is 18.0 Å². The monoisotopic (exact) mass is 272 g/mol. The second-order valence-electron chi connectivity index (χ2n) is 4.56. The molecule has 1 fully saturated rings. The van der Waals surface area contributed by atoms with Crippen LogP contribution in [0.3, 0.4) is 0 Å². The number of nitrogens with one attached hydrogen (secondary N) is 1. The largest absolute Gasteiger partial charge is 0.481 e. The van der Waals surface area contributed by atoms with Crippen LogP contribution in [-0.4, -0.2) is 54.2 Å². The molecule has 2 amide bonds. The van der Waals surface area contributed by atoms with Gasteiger partial charge in [0.05, 0.1) is 12.0 Å². The van der Waals surface area contributed by atoms with Crippen LogP contribution in [0.1, 0.15) is 26.7 Å². The third kappa shape index (κ3) is 4.11. The zero-order chi connectivity index (χ0) is 14.5. The van der Waals surface area contributed by atoms with Crippen molar-refractivity contribution in [3.63, 3.8) is 0 Å². The molecule has 0 saturated heterocycles. The Morgan fingerprint density at radius 1 is 1.32 bits per heavy atom. The molecule has 0 aliphatic heterocycles. The van der Waals surface area contributed by atoms with E-state index in [0.29, 0.717) is 19.4 Å². The minimum Gasteiger partial charge on any atom is -0.481 e. The van der Waals surface area contributed by atoms with Gasteiger partial charge in [-0.2, -0.15) is 0 Å². The lowest BCUT2D eigenvalue weighted by Gasteiger charge is -2.21. The summed E-state index contributed by atoms with van der Waals surface area (Å²) in [6.45, 7) is 4.02. The first-order chi connectivity index (χ1) is 8.95. The molecule has 0 bridgehead atoms. The summed E-state index contributed by atoms with van der Waals surface area (Å²) in [6.07, 6.45) is 1.15. The molecule has 1 saturated carbocycles. The van der Waals surface area contributed by atoms with E-state index in [9.17, 15) is 14.4 Å². The summed E-state index contributed by atoms with van der Waals surface area (Å²) in [5.74, 6) is -1.36. The van der Waals surface area contributed by atoms with Gasteiger partial charge in [-0.3, -0.25) is 9.59 Å². The fraction of sp³-hybridized carbons (Fsp3) is 0.750. The third-order valence-electron chi connectivity index (χ3n) is 3.18. The van der Waals surface area contributed by atoms with Crippen LogP contribution in [0.25, 0.3) is 0 Å². The highest BCUT2D eigenvalue weighted by Crippen LogP contribution is 2.45. The minimum absolute atomic E-state index is 0.0977. The molecule has 108 valence electrons. The highest BCUT2D eigenvalue weighted by atomic mass is 16.5. The maximum Gasteiger partial charge on any atom is 0.325 e. The van der Waals surface area contributed by atoms with E-state index in [2.05, 4.69) is 5.32 Å². The van der Waals surface area contributed by atoms with Gasteiger partial charge in [0, 0.05) is 13.1 Å². The Balaban J connectivity index is 2.42. The summed E-state index contributed by atoms with van der Waals surface area (Å²) in [7, 11) is 0. The Bertz CT molecular complexity index is 365. The Morgan fingerprint density at radius 2 is 1.95 bits per heavy atom. The molecule has 0 aromatic rings. The van der Waals surface area contributed by atoms with E-state index >= 15 is 0 Å². The third-order valence-corrected chi connectivity index (χ3v) is 3.18. The number of carbonyl (C=O) groups is 3. The molecule has 0 atom stereocenters. The van der Waals surface area contributed by atoms with Crippen molar-refractivity contribution in [2.75, 3.05) is 26.2 Å². The fourth-order valence-corrected chi connectivity index (χ4v) is 1.66. The second kappa shape index (κ2) is 6.40. The molecule has 7 nitrogen and oxygen atoms in total. The van der Waals surface area contributed by atoms with Crippen LogP contribution < -0.4 is 5.32 Å². The quantitative estimate of drug-likeness (QED) is 0.656. The van der Waals surface area contributed by atoms with Crippen molar-refractivity contribution < 1.29 is 24.2 Å². The highest BCUT2D eigenvalue weighted by molar-refractivity contribution is 5.82. The number of aliphatic carboxylic acids is 1. The smallest absolute Gasteiger partial charge is 0.325 e. The van der Waals surface area contributed by atoms with Crippen LogP contribution >= 0.6 is 0 Å². The van der Waals surface area contributed by atoms with Gasteiger partial charge in [-0.1, -0.05) is 0 Å². The van der Waals surface area contributed by atoms with Gasteiger partial charge < -0.3 is 20.1 Å². The number of carboxylic acid groups (broad SMARTS) is 1. The van der Waals surface area contributed by atoms with Crippen molar-refractivity contribution in [3.05, 3.63) is 0 Å². The van der Waals surface area contributed by atoms with E-state index in [1.165, 1.54) is 4.90 Å². The van der Waals surface area contributed by atoms with Crippen LogP contribution in [0.15, 0.2) is 0 Å². The first-order valence-electron chi connectivity index (χ1n) is 6.37. The first kappa shape index (κ1) is 15.3. The van der Waals surface area contributed by atoms with E-state index in [1.807, 2.05) is 0 Å². The molecule has 1 rings (SSSR count). The Kier molecular flexibility index (Phi) is 5.14. The Hall–Kier alpha value is -1.79. The van der Waals surface area contributed by atoms with Crippen molar-refractivity contribution in [2.24, 2.45) is 5.41 Å². The second-order valence-corrected chi connectivity index (χ2v) is 4.56. The lowest BCUT2D eigenvalue weighted by atomic mass is 10.1. The van der Waals surface area contributed by atoms with Gasteiger partial charge in [0.2, 0.25) is 0 Å². The van der Waals surface area contributed by atoms with Crippen molar-refractivity contribution in [1.82, 2.24) is 10.2 Å². The number of urea groups is 1. The summed E-state index contributed by atoms with van der Waals surface area (Å²) >= 11 is 0. The van der Waals surface area contributed by atoms with Gasteiger partial charge in [-0.25, -0.2) is 4.79 Å². The molecule has 19 heavy (non-hydrogen) atoms. The molecule has 0 spiro atoms. The van der Waals surface area contributed by atoms with E-state index in [4.69, 9.17) is 9.84 Å². The summed E-state index contributed by atoms with van der Waals surface area (Å²) < 4.78 is 4.77. The van der Waals surface area contributed by atoms with E-state index < -0.39 is 23.4 Å². The molecule has 0 aromatic heterocycles. The number of hydrogen-bond acceptors (Lipinski definition) is 4. The zero-order valence-electron chi connectivity index (χ0n) is 11.3. The van der Waals surface area contributed by atoms with E-state index in [0.717, 1.165) is 0 Å². The van der Waals surface area contributed by atoms with Gasteiger partial charge in [0.25, 0.3) is 0 Å². The van der Waals surface area contributed by atoms with Gasteiger partial charge in [-0.15, -0.1) is 0 Å². The number of carbonyl (C=O) groups excluding carboxylic acids is 2. The van der Waals surface area contributed by atoms with Crippen molar-refractivity contribution in [1.29, 1.82) is 0 Å². The van der Waals surface area contributed by atoms with Crippen LogP contribution in [0, 0.1) is 5.41 Å². The molecule has 7 heteroatoms. The van der Waals surface area contributed by atoms with E-state index in [-0.39, 0.29) is 19.7 Å². The molecule has 0 heterocycles. The average molecular weight is 272 g/mol. The Labute approximate surface area is 111 Å². The molecule has 1 aliphatic rings. The molecular formula is C12H20N2O5. The van der Waals surface area contributed by atoms with Crippen LogP contribution in [0.5, 0.6) is 0 Å². The number of likely N-dealkylation sites (N-methyl/N-ethyl adjacent to an activating group) is 1. The van der Waals surface area contributed by atoms with Crippen molar-refractivity contribution in [3.8, 4) is 0 Å². The van der Waals surface area contributed by atoms with Gasteiger partial charge in [-0.05, 0) is 26.7 Å². The van der Waals surface area contributed by atoms with Crippen LogP contribution in [-0.2, 0) is 14.3 Å². The van der Waals surface area contributed by atoms with E-state index in [1.54, 1.807) is 13.8 Å². The number of carboxylic acids is 1. The molecule has 2 N–H and O–H groups in total. The number of hydrogen-bond donors (Lipinski definition) is 2. The molecule has 0 aromatic carbocycles. The summed E-state index contributed by atoms with van der Waals surface area (Å²) in [6, 6.07) is -0.442. The molecule has 0 radical (unpaired) electrons. The first-order valence-corrected chi connectivity index (χ1v) is 6.37. The lowest BCUT2D eigenvalue weighted by Crippen LogP contribution is -2.45. The summed E-state index contributed by atoms with van der Waals surface area (Å²) in [5, 5.41) is 11.6. The normalized spacial score (nSPS) is 15.5. The van der Waals surface area contributed by atoms with Crippen LogP contribution in [0.4, 0.5) is 4.79 Å². The number of esters is 1. The fourth-order valence-electron chi connectivity index (χ4n) is 1.66.